The van der Waals surface area contributed by atoms with Gasteiger partial charge in [0.05, 0.1) is 23.7 Å². The Morgan fingerprint density at radius 2 is 1.40 bits per heavy atom. The summed E-state index contributed by atoms with van der Waals surface area (Å²) in [4.78, 5) is 55.7. The van der Waals surface area contributed by atoms with Crippen molar-refractivity contribution in [2.45, 2.75) is 44.1 Å². The maximum atomic E-state index is 13.8. The van der Waals surface area contributed by atoms with Crippen molar-refractivity contribution < 1.29 is 49.9 Å². The molecule has 1 N–H and O–H groups in total. The minimum absolute atomic E-state index is 0.00494. The number of likely N-dealkylation sites (N-methyl/N-ethyl adjacent to an activating group) is 1. The second-order valence-corrected chi connectivity index (χ2v) is 11.7. The highest BCUT2D eigenvalue weighted by molar-refractivity contribution is 5.92. The van der Waals surface area contributed by atoms with Crippen LogP contribution in [0.3, 0.4) is 0 Å². The number of nitrogens with one attached hydrogen (secondary N) is 1. The number of amides is 5. The Morgan fingerprint density at radius 3 is 1.91 bits per heavy atom. The normalized spacial score (nSPS) is 19.0. The number of rotatable bonds is 6. The molecule has 47 heavy (non-hydrogen) atoms. The Hall–Kier alpha value is -4.37. The lowest BCUT2D eigenvalue weighted by molar-refractivity contribution is -0.143. The van der Waals surface area contributed by atoms with E-state index in [1.807, 2.05) is 0 Å². The first kappa shape index (κ1) is 35.5. The van der Waals surface area contributed by atoms with E-state index in [-0.39, 0.29) is 56.5 Å². The molecular weight excluding hydrogens is 639 g/mol. The quantitative estimate of drug-likeness (QED) is 0.450. The number of likely N-dealkylation sites (tertiary alicyclic amines) is 2. The largest absolute Gasteiger partial charge is 0.416 e. The molecule has 16 heteroatoms. The highest BCUT2D eigenvalue weighted by Gasteiger charge is 2.43. The summed E-state index contributed by atoms with van der Waals surface area (Å²) >= 11 is 0. The third-order valence-electron chi connectivity index (χ3n) is 8.63. The first-order valence-corrected chi connectivity index (χ1v) is 14.7. The molecule has 2 heterocycles. The Labute approximate surface area is 266 Å². The van der Waals surface area contributed by atoms with Crippen LogP contribution < -0.4 is 10.2 Å². The predicted molar refractivity (Wildman–Crippen MR) is 156 cm³/mol. The van der Waals surface area contributed by atoms with E-state index in [0.717, 1.165) is 11.9 Å². The van der Waals surface area contributed by atoms with E-state index >= 15 is 0 Å². The lowest BCUT2D eigenvalue weighted by Crippen LogP contribution is -2.49. The van der Waals surface area contributed by atoms with Crippen molar-refractivity contribution in [1.82, 2.24) is 20.0 Å². The van der Waals surface area contributed by atoms with Crippen molar-refractivity contribution in [3.63, 3.8) is 0 Å². The fraction of sp³-hybridized carbons (Fsp3) is 0.484. The van der Waals surface area contributed by atoms with Gasteiger partial charge in [0.2, 0.25) is 17.7 Å². The Bertz CT molecular complexity index is 1460. The van der Waals surface area contributed by atoms with Gasteiger partial charge in [0.1, 0.15) is 5.82 Å². The Kier molecular flexibility index (Phi) is 10.4. The van der Waals surface area contributed by atoms with E-state index in [1.54, 1.807) is 4.90 Å². The first-order chi connectivity index (χ1) is 21.9. The van der Waals surface area contributed by atoms with Gasteiger partial charge in [-0.15, -0.1) is 0 Å². The zero-order chi connectivity index (χ0) is 34.8. The Balaban J connectivity index is 1.55. The van der Waals surface area contributed by atoms with Crippen LogP contribution in [0.2, 0.25) is 0 Å². The topological polar surface area (TPSA) is 93.3 Å². The maximum absolute atomic E-state index is 13.8. The number of urea groups is 1. The van der Waals surface area contributed by atoms with Crippen LogP contribution in [-0.4, -0.2) is 91.3 Å². The average molecular weight is 674 g/mol. The molecule has 0 saturated carbocycles. The highest BCUT2D eigenvalue weighted by atomic mass is 19.4. The molecule has 256 valence electrons. The molecular formula is C31H34F7N5O4. The number of carbonyl (C=O) groups excluding carboxylic acids is 4. The minimum atomic E-state index is -5.11. The smallest absolute Gasteiger partial charge is 0.347 e. The molecule has 2 fully saturated rings. The molecule has 0 aromatic heterocycles. The van der Waals surface area contributed by atoms with Crippen molar-refractivity contribution in [3.8, 4) is 0 Å². The summed E-state index contributed by atoms with van der Waals surface area (Å²) in [6.45, 7) is 1.81. The molecule has 2 atom stereocenters. The van der Waals surface area contributed by atoms with Crippen molar-refractivity contribution >= 4 is 29.4 Å². The summed E-state index contributed by atoms with van der Waals surface area (Å²) in [5, 5.41) is 2.44. The molecule has 2 aromatic rings. The van der Waals surface area contributed by atoms with Crippen molar-refractivity contribution in [2.24, 2.45) is 5.92 Å². The number of anilines is 1. The van der Waals surface area contributed by atoms with Gasteiger partial charge in [-0.2, -0.15) is 26.3 Å². The van der Waals surface area contributed by atoms with Gasteiger partial charge in [0, 0.05) is 64.7 Å². The lowest BCUT2D eigenvalue weighted by Gasteiger charge is -2.34. The molecule has 0 bridgehead atoms. The van der Waals surface area contributed by atoms with Gasteiger partial charge >= 0.3 is 18.4 Å². The number of hydrogen-bond acceptors (Lipinski definition) is 4. The third kappa shape index (κ3) is 8.32. The molecule has 0 spiro atoms. The fourth-order valence-corrected chi connectivity index (χ4v) is 5.96. The first-order valence-electron chi connectivity index (χ1n) is 14.7. The van der Waals surface area contributed by atoms with E-state index in [2.05, 4.69) is 5.32 Å². The van der Waals surface area contributed by atoms with E-state index in [1.165, 1.54) is 43.1 Å². The summed E-state index contributed by atoms with van der Waals surface area (Å²) in [5.74, 6) is -2.41. The molecule has 5 amide bonds. The molecule has 2 aliphatic heterocycles. The van der Waals surface area contributed by atoms with E-state index < -0.39 is 58.9 Å². The summed E-state index contributed by atoms with van der Waals surface area (Å²) < 4.78 is 94.7. The molecule has 9 nitrogen and oxygen atoms in total. The molecule has 2 aliphatic rings. The molecule has 0 unspecified atom stereocenters. The summed E-state index contributed by atoms with van der Waals surface area (Å²) in [6, 6.07) is 4.59. The van der Waals surface area contributed by atoms with Crippen LogP contribution >= 0.6 is 0 Å². The standard InChI is InChI=1S/C31H34F7N5O4/c1-18(44)39-15-27(45)42-10-8-20(9-11-42)28(46)43-16-25(19-4-6-23(32)7-5-19)26(17-43)41(3)29(47)40(2)24-13-21(30(33,34)35)12-22(14-24)31(36,37)38/h4-7,12-14,20,25-26H,8-11,15-17H2,1-3H3,(H,39,44)/t25-,26+/m0/s1. The highest BCUT2D eigenvalue weighted by Crippen LogP contribution is 2.39. The van der Waals surface area contributed by atoms with Crippen LogP contribution in [0.5, 0.6) is 0 Å². The number of halogens is 7. The van der Waals surface area contributed by atoms with E-state index in [9.17, 15) is 49.9 Å². The minimum Gasteiger partial charge on any atom is -0.347 e. The lowest BCUT2D eigenvalue weighted by atomic mass is 9.93. The number of piperidine rings is 1. The van der Waals surface area contributed by atoms with Crippen LogP contribution in [0, 0.1) is 11.7 Å². The van der Waals surface area contributed by atoms with Gasteiger partial charge in [-0.1, -0.05) is 12.1 Å². The summed E-state index contributed by atoms with van der Waals surface area (Å²) in [7, 11) is 2.39. The SMILES string of the molecule is CC(=O)NCC(=O)N1CCC(C(=O)N2C[C@@H](N(C)C(=O)N(C)c3cc(C(F)(F)F)cc(C(F)(F)F)c3)[C@H](c3ccc(F)cc3)C2)CC1. The number of alkyl halides is 6. The molecule has 0 aliphatic carbocycles. The van der Waals surface area contributed by atoms with Crippen molar-refractivity contribution in [2.75, 3.05) is 51.7 Å². The molecule has 2 aromatic carbocycles. The van der Waals surface area contributed by atoms with Crippen LogP contribution in [0.25, 0.3) is 0 Å². The number of nitrogens with zero attached hydrogens (tertiary/aromatic N) is 4. The van der Waals surface area contributed by atoms with Crippen LogP contribution in [-0.2, 0) is 26.7 Å². The van der Waals surface area contributed by atoms with Crippen LogP contribution in [0.15, 0.2) is 42.5 Å². The zero-order valence-electron chi connectivity index (χ0n) is 25.8. The zero-order valence-corrected chi connectivity index (χ0v) is 25.8. The number of benzene rings is 2. The summed E-state index contributed by atoms with van der Waals surface area (Å²) in [6.07, 6.45) is -9.52. The third-order valence-corrected chi connectivity index (χ3v) is 8.63. The predicted octanol–water partition coefficient (Wildman–Crippen LogP) is 4.72. The van der Waals surface area contributed by atoms with Gasteiger partial charge in [-0.25, -0.2) is 9.18 Å². The molecule has 2 saturated heterocycles. The summed E-state index contributed by atoms with van der Waals surface area (Å²) in [5.41, 5.74) is -3.21. The van der Waals surface area contributed by atoms with Crippen LogP contribution in [0.1, 0.15) is 42.4 Å². The van der Waals surface area contributed by atoms with Gasteiger partial charge < -0.3 is 20.0 Å². The van der Waals surface area contributed by atoms with Gasteiger partial charge in [0.15, 0.2) is 0 Å². The fourth-order valence-electron chi connectivity index (χ4n) is 5.96. The van der Waals surface area contributed by atoms with E-state index in [4.69, 9.17) is 0 Å². The Morgan fingerprint density at radius 1 is 0.851 bits per heavy atom. The maximum Gasteiger partial charge on any atom is 0.416 e. The molecule has 4 rings (SSSR count). The van der Waals surface area contributed by atoms with Gasteiger partial charge in [-0.05, 0) is 48.7 Å². The van der Waals surface area contributed by atoms with E-state index in [0.29, 0.717) is 35.4 Å². The van der Waals surface area contributed by atoms with Crippen LogP contribution in [0.4, 0.5) is 41.2 Å². The van der Waals surface area contributed by atoms with Gasteiger partial charge in [0.25, 0.3) is 0 Å². The number of hydrogen-bond donors (Lipinski definition) is 1. The van der Waals surface area contributed by atoms with Crippen molar-refractivity contribution in [1.29, 1.82) is 0 Å². The average Bonchev–Trinajstić information content (AvgIpc) is 3.47. The monoisotopic (exact) mass is 673 g/mol. The van der Waals surface area contributed by atoms with Gasteiger partial charge in [-0.3, -0.25) is 19.3 Å². The van der Waals surface area contributed by atoms with Crippen molar-refractivity contribution in [3.05, 3.63) is 65.0 Å². The second kappa shape index (κ2) is 13.8. The number of carbonyl (C=O) groups is 4. The molecule has 0 radical (unpaired) electrons. The second-order valence-electron chi connectivity index (χ2n) is 11.7.